The highest BCUT2D eigenvalue weighted by Crippen LogP contribution is 2.56. The van der Waals surface area contributed by atoms with E-state index in [4.69, 9.17) is 0 Å². The monoisotopic (exact) mass is 345 g/mol. The molecule has 7 nitrogen and oxygen atoms in total. The summed E-state index contributed by atoms with van der Waals surface area (Å²) < 4.78 is 3.81. The van der Waals surface area contributed by atoms with Gasteiger partial charge in [0.15, 0.2) is 0 Å². The SMILES string of the molecule is c1cn2cc(-c3ccn4nc(NC5CC6(CCC6)C5)ncc34)cnc2n1. The number of fused-ring (bicyclic) bond motifs is 2. The number of anilines is 1. The Bertz CT molecular complexity index is 1110. The van der Waals surface area contributed by atoms with Crippen LogP contribution in [-0.2, 0) is 0 Å². The Morgan fingerprint density at radius 3 is 2.85 bits per heavy atom. The van der Waals surface area contributed by atoms with E-state index in [0.29, 0.717) is 23.2 Å². The van der Waals surface area contributed by atoms with Gasteiger partial charge in [0.05, 0.1) is 11.7 Å². The average molecular weight is 345 g/mol. The van der Waals surface area contributed by atoms with Gasteiger partial charge in [-0.25, -0.2) is 19.5 Å². The molecule has 0 amide bonds. The number of aromatic nitrogens is 6. The predicted molar refractivity (Wildman–Crippen MR) is 97.9 cm³/mol. The first-order valence-corrected chi connectivity index (χ1v) is 9.18. The molecular formula is C19H19N7. The molecule has 7 heteroatoms. The molecule has 2 aliphatic carbocycles. The maximum atomic E-state index is 4.64. The van der Waals surface area contributed by atoms with Crippen molar-refractivity contribution in [2.24, 2.45) is 5.41 Å². The Hall–Kier alpha value is -2.96. The molecule has 0 radical (unpaired) electrons. The lowest BCUT2D eigenvalue weighted by Gasteiger charge is -2.54. The Morgan fingerprint density at radius 1 is 1.08 bits per heavy atom. The Kier molecular flexibility index (Phi) is 2.75. The van der Waals surface area contributed by atoms with Crippen molar-refractivity contribution in [3.8, 4) is 11.1 Å². The van der Waals surface area contributed by atoms with Crippen LogP contribution in [0.2, 0.25) is 0 Å². The van der Waals surface area contributed by atoms with Crippen molar-refractivity contribution in [1.82, 2.24) is 29.0 Å². The second-order valence-electron chi connectivity index (χ2n) is 7.72. The highest BCUT2D eigenvalue weighted by molar-refractivity contribution is 5.79. The standard InChI is InChI=1S/C19H19N7/c1-3-19(4-1)8-14(9-19)23-17-21-11-16-15(2-6-26(16)24-17)13-10-22-18-20-5-7-25(18)12-13/h2,5-7,10-12,14H,1,3-4,8-9H2,(H,23,24). The van der Waals surface area contributed by atoms with Gasteiger partial charge in [0.25, 0.3) is 0 Å². The topological polar surface area (TPSA) is 72.4 Å². The maximum Gasteiger partial charge on any atom is 0.241 e. The summed E-state index contributed by atoms with van der Waals surface area (Å²) in [6, 6.07) is 2.58. The normalized spacial score (nSPS) is 18.9. The summed E-state index contributed by atoms with van der Waals surface area (Å²) in [5, 5.41) is 8.14. The van der Waals surface area contributed by atoms with Crippen LogP contribution in [0, 0.1) is 5.41 Å². The molecule has 2 aliphatic rings. The molecule has 0 saturated heterocycles. The van der Waals surface area contributed by atoms with Gasteiger partial charge in [0.1, 0.15) is 0 Å². The summed E-state index contributed by atoms with van der Waals surface area (Å²) in [4.78, 5) is 13.1. The summed E-state index contributed by atoms with van der Waals surface area (Å²) in [6.45, 7) is 0. The van der Waals surface area contributed by atoms with Gasteiger partial charge >= 0.3 is 0 Å². The third-order valence-corrected chi connectivity index (χ3v) is 6.08. The van der Waals surface area contributed by atoms with Crippen LogP contribution in [0.5, 0.6) is 0 Å². The maximum absolute atomic E-state index is 4.64. The van der Waals surface area contributed by atoms with Crippen molar-refractivity contribution in [2.75, 3.05) is 5.32 Å². The summed E-state index contributed by atoms with van der Waals surface area (Å²) in [5.41, 5.74) is 3.72. The molecule has 26 heavy (non-hydrogen) atoms. The lowest BCUT2D eigenvalue weighted by Crippen LogP contribution is -2.49. The van der Waals surface area contributed by atoms with Crippen LogP contribution in [0.3, 0.4) is 0 Å². The lowest BCUT2D eigenvalue weighted by molar-refractivity contribution is 0.0189. The van der Waals surface area contributed by atoms with Crippen molar-refractivity contribution in [1.29, 1.82) is 0 Å². The number of nitrogens with one attached hydrogen (secondary N) is 1. The lowest BCUT2D eigenvalue weighted by atomic mass is 9.54. The Morgan fingerprint density at radius 2 is 2.00 bits per heavy atom. The zero-order valence-electron chi connectivity index (χ0n) is 14.3. The van der Waals surface area contributed by atoms with Crippen molar-refractivity contribution in [2.45, 2.75) is 38.1 Å². The molecule has 0 aliphatic heterocycles. The van der Waals surface area contributed by atoms with E-state index < -0.39 is 0 Å². The van der Waals surface area contributed by atoms with E-state index in [1.807, 2.05) is 39.9 Å². The van der Waals surface area contributed by atoms with Gasteiger partial charge in [-0.1, -0.05) is 6.42 Å². The second-order valence-corrected chi connectivity index (χ2v) is 7.72. The van der Waals surface area contributed by atoms with Crippen LogP contribution in [0.15, 0.2) is 43.2 Å². The van der Waals surface area contributed by atoms with Crippen LogP contribution in [-0.4, -0.2) is 35.0 Å². The van der Waals surface area contributed by atoms with Crippen molar-refractivity contribution >= 4 is 17.2 Å². The van der Waals surface area contributed by atoms with Gasteiger partial charge in [-0.3, -0.25) is 4.40 Å². The van der Waals surface area contributed by atoms with Crippen LogP contribution >= 0.6 is 0 Å². The molecule has 4 heterocycles. The molecular weight excluding hydrogens is 326 g/mol. The van der Waals surface area contributed by atoms with Gasteiger partial charge < -0.3 is 5.32 Å². The van der Waals surface area contributed by atoms with E-state index >= 15 is 0 Å². The quantitative estimate of drug-likeness (QED) is 0.617. The molecule has 4 aromatic rings. The minimum Gasteiger partial charge on any atom is -0.350 e. The van der Waals surface area contributed by atoms with Crippen LogP contribution in [0.1, 0.15) is 32.1 Å². The van der Waals surface area contributed by atoms with Gasteiger partial charge in [0, 0.05) is 48.2 Å². The summed E-state index contributed by atoms with van der Waals surface area (Å²) in [7, 11) is 0. The Labute approximate surface area is 150 Å². The van der Waals surface area contributed by atoms with Crippen LogP contribution in [0.4, 0.5) is 5.95 Å². The van der Waals surface area contributed by atoms with Gasteiger partial charge in [-0.05, 0) is 37.2 Å². The molecule has 1 spiro atoms. The molecule has 0 aromatic carbocycles. The summed E-state index contributed by atoms with van der Waals surface area (Å²) in [5.74, 6) is 1.41. The van der Waals surface area contributed by atoms with Gasteiger partial charge in [0.2, 0.25) is 11.7 Å². The van der Waals surface area contributed by atoms with E-state index in [2.05, 4.69) is 31.4 Å². The van der Waals surface area contributed by atoms with Gasteiger partial charge in [-0.2, -0.15) is 0 Å². The molecule has 1 N–H and O–H groups in total. The molecule has 130 valence electrons. The molecule has 0 unspecified atom stereocenters. The van der Waals surface area contributed by atoms with Crippen LogP contribution < -0.4 is 5.32 Å². The van der Waals surface area contributed by atoms with E-state index in [-0.39, 0.29) is 0 Å². The smallest absolute Gasteiger partial charge is 0.241 e. The van der Waals surface area contributed by atoms with E-state index in [9.17, 15) is 0 Å². The minimum atomic E-state index is 0.524. The van der Waals surface area contributed by atoms with E-state index in [1.165, 1.54) is 32.1 Å². The summed E-state index contributed by atoms with van der Waals surface area (Å²) >= 11 is 0. The molecule has 0 bridgehead atoms. The number of hydrogen-bond acceptors (Lipinski definition) is 5. The number of imidazole rings is 1. The van der Waals surface area contributed by atoms with Gasteiger partial charge in [-0.15, -0.1) is 5.10 Å². The number of hydrogen-bond donors (Lipinski definition) is 1. The van der Waals surface area contributed by atoms with Crippen LogP contribution in [0.25, 0.3) is 22.4 Å². The highest BCUT2D eigenvalue weighted by atomic mass is 15.3. The first kappa shape index (κ1) is 14.2. The number of nitrogens with zero attached hydrogens (tertiary/aromatic N) is 6. The average Bonchev–Trinajstić information content (AvgIpc) is 3.21. The van der Waals surface area contributed by atoms with E-state index in [1.54, 1.807) is 6.20 Å². The summed E-state index contributed by atoms with van der Waals surface area (Å²) in [6.07, 6.45) is 18.1. The highest BCUT2D eigenvalue weighted by Gasteiger charge is 2.48. The number of rotatable bonds is 3. The first-order valence-electron chi connectivity index (χ1n) is 9.18. The van der Waals surface area contributed by atoms with Crippen molar-refractivity contribution < 1.29 is 0 Å². The molecule has 4 aromatic heterocycles. The molecule has 2 fully saturated rings. The Balaban J connectivity index is 1.29. The zero-order valence-corrected chi connectivity index (χ0v) is 14.3. The van der Waals surface area contributed by atoms with Crippen molar-refractivity contribution in [3.05, 3.63) is 43.2 Å². The minimum absolute atomic E-state index is 0.524. The zero-order chi connectivity index (χ0) is 17.1. The molecule has 6 rings (SSSR count). The fraction of sp³-hybridized carbons (Fsp3) is 0.368. The fourth-order valence-electron chi connectivity index (χ4n) is 4.52. The fourth-order valence-corrected chi connectivity index (χ4v) is 4.52. The third kappa shape index (κ3) is 2.06. The van der Waals surface area contributed by atoms with E-state index in [0.717, 1.165) is 16.6 Å². The predicted octanol–water partition coefficient (Wildman–Crippen LogP) is 3.18. The van der Waals surface area contributed by atoms with Crippen molar-refractivity contribution in [3.63, 3.8) is 0 Å². The largest absolute Gasteiger partial charge is 0.350 e. The molecule has 0 atom stereocenters. The molecule has 2 saturated carbocycles. The first-order chi connectivity index (χ1) is 12.8. The third-order valence-electron chi connectivity index (χ3n) is 6.08. The second kappa shape index (κ2) is 5.03.